The summed E-state index contributed by atoms with van der Waals surface area (Å²) in [6.45, 7) is 0.877. The van der Waals surface area contributed by atoms with Gasteiger partial charge in [0.2, 0.25) is 5.91 Å². The Hall–Kier alpha value is -1.04. The number of rotatable bonds is 2. The van der Waals surface area contributed by atoms with Crippen molar-refractivity contribution in [1.29, 1.82) is 5.26 Å². The second-order valence-electron chi connectivity index (χ2n) is 4.68. The molecular weight excluding hydrogens is 188 g/mol. The van der Waals surface area contributed by atoms with Gasteiger partial charge in [0.05, 0.1) is 6.07 Å². The number of likely N-dealkylation sites (tertiary alicyclic amines) is 1. The Morgan fingerprint density at radius 1 is 1.27 bits per heavy atom. The van der Waals surface area contributed by atoms with Crippen LogP contribution in [0.1, 0.15) is 44.9 Å². The fourth-order valence-corrected chi connectivity index (χ4v) is 3.10. The van der Waals surface area contributed by atoms with E-state index in [1.807, 2.05) is 11.0 Å². The number of carbonyl (C=O) groups excluding carboxylic acids is 1. The van der Waals surface area contributed by atoms with Crippen molar-refractivity contribution in [2.45, 2.75) is 51.0 Å². The first-order valence-electron chi connectivity index (χ1n) is 5.99. The van der Waals surface area contributed by atoms with Crippen molar-refractivity contribution < 1.29 is 4.79 Å². The molecule has 0 spiro atoms. The summed E-state index contributed by atoms with van der Waals surface area (Å²) in [5.74, 6) is 0.766. The second-order valence-corrected chi connectivity index (χ2v) is 4.68. The standard InChI is InChI=1S/C12H18N2O/c13-8-7-12(15)14-9-3-6-11(14)10-4-1-2-5-10/h10-11H,1-7,9H2. The molecule has 2 fully saturated rings. The fourth-order valence-electron chi connectivity index (χ4n) is 3.10. The van der Waals surface area contributed by atoms with Crippen molar-refractivity contribution in [2.24, 2.45) is 5.92 Å². The Labute approximate surface area is 91.1 Å². The average molecular weight is 206 g/mol. The minimum Gasteiger partial charge on any atom is -0.339 e. The van der Waals surface area contributed by atoms with Gasteiger partial charge in [-0.15, -0.1) is 0 Å². The van der Waals surface area contributed by atoms with E-state index in [9.17, 15) is 4.79 Å². The highest BCUT2D eigenvalue weighted by atomic mass is 16.2. The van der Waals surface area contributed by atoms with Crippen molar-refractivity contribution in [3.8, 4) is 6.07 Å². The SMILES string of the molecule is N#CCC(=O)N1CCCC1C1CCCC1. The fraction of sp³-hybridized carbons (Fsp3) is 0.833. The lowest BCUT2D eigenvalue weighted by Crippen LogP contribution is -2.39. The van der Waals surface area contributed by atoms with Gasteiger partial charge in [0, 0.05) is 12.6 Å². The van der Waals surface area contributed by atoms with Gasteiger partial charge < -0.3 is 4.90 Å². The first kappa shape index (κ1) is 10.5. The quantitative estimate of drug-likeness (QED) is 0.694. The Balaban J connectivity index is 1.98. The van der Waals surface area contributed by atoms with E-state index in [1.54, 1.807) is 0 Å². The molecule has 1 amide bonds. The van der Waals surface area contributed by atoms with Gasteiger partial charge in [-0.1, -0.05) is 12.8 Å². The van der Waals surface area contributed by atoms with E-state index in [-0.39, 0.29) is 12.3 Å². The lowest BCUT2D eigenvalue weighted by atomic mass is 9.96. The summed E-state index contributed by atoms with van der Waals surface area (Å²) in [7, 11) is 0. The molecule has 1 saturated heterocycles. The molecule has 0 aromatic rings. The Morgan fingerprint density at radius 2 is 2.00 bits per heavy atom. The molecular formula is C12H18N2O. The molecule has 2 aliphatic rings. The van der Waals surface area contributed by atoms with E-state index in [0.29, 0.717) is 6.04 Å². The summed E-state index contributed by atoms with van der Waals surface area (Å²) in [6.07, 6.45) is 7.54. The Bertz CT molecular complexity index is 276. The smallest absolute Gasteiger partial charge is 0.237 e. The molecule has 0 bridgehead atoms. The maximum Gasteiger partial charge on any atom is 0.237 e. The molecule has 0 N–H and O–H groups in total. The highest BCUT2D eigenvalue weighted by Gasteiger charge is 2.35. The zero-order valence-electron chi connectivity index (χ0n) is 9.11. The molecule has 0 aromatic heterocycles. The largest absolute Gasteiger partial charge is 0.339 e. The number of hydrogen-bond donors (Lipinski definition) is 0. The van der Waals surface area contributed by atoms with Gasteiger partial charge in [-0.05, 0) is 31.6 Å². The number of nitrogens with zero attached hydrogens (tertiary/aromatic N) is 2. The first-order chi connectivity index (χ1) is 7.33. The van der Waals surface area contributed by atoms with Gasteiger partial charge in [-0.2, -0.15) is 5.26 Å². The normalized spacial score (nSPS) is 26.9. The molecule has 0 aromatic carbocycles. The van der Waals surface area contributed by atoms with Gasteiger partial charge in [0.25, 0.3) is 0 Å². The number of hydrogen-bond acceptors (Lipinski definition) is 2. The van der Waals surface area contributed by atoms with Crippen LogP contribution in [-0.4, -0.2) is 23.4 Å². The molecule has 1 aliphatic heterocycles. The summed E-state index contributed by atoms with van der Waals surface area (Å²) >= 11 is 0. The Kier molecular flexibility index (Phi) is 3.25. The van der Waals surface area contributed by atoms with Crippen LogP contribution in [0.15, 0.2) is 0 Å². The van der Waals surface area contributed by atoms with Crippen LogP contribution in [-0.2, 0) is 4.79 Å². The predicted molar refractivity (Wildman–Crippen MR) is 56.9 cm³/mol. The Morgan fingerprint density at radius 3 is 2.67 bits per heavy atom. The molecule has 2 rings (SSSR count). The number of nitriles is 1. The van der Waals surface area contributed by atoms with E-state index >= 15 is 0 Å². The lowest BCUT2D eigenvalue weighted by molar-refractivity contribution is -0.131. The molecule has 1 atom stereocenters. The van der Waals surface area contributed by atoms with Gasteiger partial charge in [-0.25, -0.2) is 0 Å². The number of amides is 1. The molecule has 82 valence electrons. The number of carbonyl (C=O) groups is 1. The average Bonchev–Trinajstić information content (AvgIpc) is 2.88. The third kappa shape index (κ3) is 2.14. The van der Waals surface area contributed by atoms with E-state index in [0.717, 1.165) is 25.3 Å². The van der Waals surface area contributed by atoms with Gasteiger partial charge in [0.15, 0.2) is 0 Å². The van der Waals surface area contributed by atoms with Crippen LogP contribution >= 0.6 is 0 Å². The third-order valence-corrected chi connectivity index (χ3v) is 3.79. The van der Waals surface area contributed by atoms with Crippen LogP contribution in [0, 0.1) is 17.2 Å². The zero-order valence-corrected chi connectivity index (χ0v) is 9.11. The van der Waals surface area contributed by atoms with Crippen molar-refractivity contribution in [2.75, 3.05) is 6.54 Å². The van der Waals surface area contributed by atoms with Crippen molar-refractivity contribution in [3.63, 3.8) is 0 Å². The second kappa shape index (κ2) is 4.65. The molecule has 0 radical (unpaired) electrons. The van der Waals surface area contributed by atoms with E-state index in [4.69, 9.17) is 5.26 Å². The van der Waals surface area contributed by atoms with E-state index < -0.39 is 0 Å². The molecule has 15 heavy (non-hydrogen) atoms. The van der Waals surface area contributed by atoms with Crippen LogP contribution in [0.3, 0.4) is 0 Å². The first-order valence-corrected chi connectivity index (χ1v) is 5.99. The summed E-state index contributed by atoms with van der Waals surface area (Å²) < 4.78 is 0. The predicted octanol–water partition coefficient (Wildman–Crippen LogP) is 2.08. The summed E-state index contributed by atoms with van der Waals surface area (Å²) in [5.41, 5.74) is 0. The molecule has 3 nitrogen and oxygen atoms in total. The van der Waals surface area contributed by atoms with Crippen LogP contribution < -0.4 is 0 Å². The highest BCUT2D eigenvalue weighted by molar-refractivity contribution is 5.78. The summed E-state index contributed by atoms with van der Waals surface area (Å²) in [5, 5.41) is 8.55. The molecule has 1 saturated carbocycles. The molecule has 1 unspecified atom stereocenters. The maximum atomic E-state index is 11.7. The van der Waals surface area contributed by atoms with Crippen LogP contribution in [0.25, 0.3) is 0 Å². The van der Waals surface area contributed by atoms with Crippen LogP contribution in [0.2, 0.25) is 0 Å². The summed E-state index contributed by atoms with van der Waals surface area (Å²) in [6, 6.07) is 2.42. The van der Waals surface area contributed by atoms with Gasteiger partial charge in [0.1, 0.15) is 6.42 Å². The van der Waals surface area contributed by atoms with Crippen molar-refractivity contribution in [3.05, 3.63) is 0 Å². The maximum absolute atomic E-state index is 11.7. The monoisotopic (exact) mass is 206 g/mol. The minimum atomic E-state index is 0.0481. The topological polar surface area (TPSA) is 44.1 Å². The summed E-state index contributed by atoms with van der Waals surface area (Å²) in [4.78, 5) is 13.7. The third-order valence-electron chi connectivity index (χ3n) is 3.79. The highest BCUT2D eigenvalue weighted by Crippen LogP contribution is 2.35. The molecule has 3 heteroatoms. The van der Waals surface area contributed by atoms with E-state index in [2.05, 4.69) is 0 Å². The van der Waals surface area contributed by atoms with Crippen molar-refractivity contribution in [1.82, 2.24) is 4.90 Å². The van der Waals surface area contributed by atoms with Crippen LogP contribution in [0.5, 0.6) is 0 Å². The van der Waals surface area contributed by atoms with E-state index in [1.165, 1.54) is 25.7 Å². The molecule has 1 heterocycles. The van der Waals surface area contributed by atoms with Gasteiger partial charge in [-0.3, -0.25) is 4.79 Å². The minimum absolute atomic E-state index is 0.0481. The zero-order chi connectivity index (χ0) is 10.7. The van der Waals surface area contributed by atoms with Gasteiger partial charge >= 0.3 is 0 Å². The molecule has 1 aliphatic carbocycles. The van der Waals surface area contributed by atoms with Crippen molar-refractivity contribution >= 4 is 5.91 Å². The van der Waals surface area contributed by atoms with Crippen LogP contribution in [0.4, 0.5) is 0 Å². The lowest BCUT2D eigenvalue weighted by Gasteiger charge is -2.28.